The van der Waals surface area contributed by atoms with Crippen molar-refractivity contribution < 1.29 is 12.3 Å². The monoisotopic (exact) mass is 159 g/mol. The molecule has 11 heavy (non-hydrogen) atoms. The number of hydrogen-bond acceptors (Lipinski definition) is 2. The van der Waals surface area contributed by atoms with Crippen molar-refractivity contribution in [2.75, 3.05) is 5.73 Å². The van der Waals surface area contributed by atoms with Crippen LogP contribution in [0.1, 0.15) is 31.6 Å². The van der Waals surface area contributed by atoms with E-state index in [2.05, 4.69) is 4.98 Å². The van der Waals surface area contributed by atoms with Crippen molar-refractivity contribution >= 4 is 5.69 Å². The smallest absolute Gasteiger partial charge is 0.0503 e. The topological polar surface area (TPSA) is 38.9 Å². The molecule has 60 valence electrons. The first-order chi connectivity index (χ1) is 8.75. The van der Waals surface area contributed by atoms with Crippen LogP contribution < -0.4 is 5.73 Å². The van der Waals surface area contributed by atoms with Gasteiger partial charge in [-0.2, -0.15) is 0 Å². The van der Waals surface area contributed by atoms with Gasteiger partial charge in [0.05, 0.1) is 5.69 Å². The molecule has 0 bridgehead atoms. The first-order valence-electron chi connectivity index (χ1n) is 7.46. The van der Waals surface area contributed by atoms with Gasteiger partial charge < -0.3 is 5.73 Å². The maximum atomic E-state index is 7.89. The number of hydrogen-bond donors (Lipinski definition) is 1. The molecule has 0 unspecified atom stereocenters. The zero-order valence-electron chi connectivity index (χ0n) is 14.8. The van der Waals surface area contributed by atoms with E-state index in [1.54, 1.807) is 0 Å². The van der Waals surface area contributed by atoms with Crippen molar-refractivity contribution in [1.82, 2.24) is 4.98 Å². The molecule has 0 saturated carbocycles. The Bertz CT molecular complexity index is 477. The standard InChI is InChI=1S/C9H14N2/c1-7(2)3-8-4-9(10)6-11-5-8/h4-7H,3,10H2,1-2H3/i1D3,2D3,3D2,7D. The second-order valence-electron chi connectivity index (χ2n) is 2.01. The van der Waals surface area contributed by atoms with Crippen LogP contribution in [0.4, 0.5) is 5.69 Å². The van der Waals surface area contributed by atoms with Crippen LogP contribution >= 0.6 is 0 Å². The summed E-state index contributed by atoms with van der Waals surface area (Å²) in [4.78, 5) is 3.61. The van der Waals surface area contributed by atoms with Crippen LogP contribution in [0.5, 0.6) is 0 Å². The number of anilines is 1. The molecule has 0 spiro atoms. The minimum Gasteiger partial charge on any atom is -0.397 e. The van der Waals surface area contributed by atoms with Gasteiger partial charge in [0.15, 0.2) is 0 Å². The molecule has 0 amide bonds. The summed E-state index contributed by atoms with van der Waals surface area (Å²) in [6, 6.07) is 1.08. The highest BCUT2D eigenvalue weighted by atomic mass is 14.7. The number of nitrogens with zero attached hydrogens (tertiary/aromatic N) is 1. The van der Waals surface area contributed by atoms with Gasteiger partial charge in [-0.15, -0.1) is 0 Å². The highest BCUT2D eigenvalue weighted by molar-refractivity contribution is 5.36. The van der Waals surface area contributed by atoms with Crippen molar-refractivity contribution in [3.05, 3.63) is 24.0 Å². The molecule has 2 nitrogen and oxygen atoms in total. The molecule has 1 rings (SSSR count). The Morgan fingerprint density at radius 1 is 1.82 bits per heavy atom. The number of pyridine rings is 1. The van der Waals surface area contributed by atoms with Crippen molar-refractivity contribution in [1.29, 1.82) is 0 Å². The van der Waals surface area contributed by atoms with Gasteiger partial charge in [0.2, 0.25) is 0 Å². The fourth-order valence-electron chi connectivity index (χ4n) is 0.670. The van der Waals surface area contributed by atoms with Crippen LogP contribution in [0.2, 0.25) is 0 Å². The van der Waals surface area contributed by atoms with Crippen LogP contribution in [0.25, 0.3) is 0 Å². The molecule has 2 heteroatoms. The Balaban J connectivity index is 3.56. The fraction of sp³-hybridized carbons (Fsp3) is 0.444. The number of rotatable bonds is 2. The Kier molecular flexibility index (Phi) is 0.681. The summed E-state index contributed by atoms with van der Waals surface area (Å²) in [6.07, 6.45) is -0.821. The minimum atomic E-state index is -3.37. The van der Waals surface area contributed by atoms with E-state index in [-0.39, 0.29) is 11.3 Å². The van der Waals surface area contributed by atoms with Crippen molar-refractivity contribution in [2.24, 2.45) is 5.89 Å². The van der Waals surface area contributed by atoms with E-state index < -0.39 is 26.0 Å². The van der Waals surface area contributed by atoms with Crippen molar-refractivity contribution in [3.8, 4) is 0 Å². The quantitative estimate of drug-likeness (QED) is 0.715. The van der Waals surface area contributed by atoms with Crippen LogP contribution in [-0.4, -0.2) is 4.98 Å². The molecule has 2 N–H and O–H groups in total. The number of nitrogens with two attached hydrogens (primary N) is 1. The van der Waals surface area contributed by atoms with Crippen LogP contribution in [-0.2, 0) is 6.37 Å². The van der Waals surface area contributed by atoms with E-state index in [9.17, 15) is 0 Å². The van der Waals surface area contributed by atoms with E-state index in [0.29, 0.717) is 0 Å². The average molecular weight is 159 g/mol. The van der Waals surface area contributed by atoms with Crippen molar-refractivity contribution in [3.63, 3.8) is 0 Å². The molecule has 0 radical (unpaired) electrons. The van der Waals surface area contributed by atoms with E-state index in [0.717, 1.165) is 12.3 Å². The van der Waals surface area contributed by atoms with Crippen molar-refractivity contribution in [2.45, 2.75) is 20.1 Å². The molecule has 0 aliphatic rings. The average Bonchev–Trinajstić information content (AvgIpc) is 2.24. The lowest BCUT2D eigenvalue weighted by molar-refractivity contribution is 0.646. The van der Waals surface area contributed by atoms with Gasteiger partial charge in [-0.1, -0.05) is 13.7 Å². The fourth-order valence-corrected chi connectivity index (χ4v) is 0.670. The summed E-state index contributed by atoms with van der Waals surface area (Å²) in [5, 5.41) is 0. The highest BCUT2D eigenvalue weighted by Crippen LogP contribution is 2.09. The van der Waals surface area contributed by atoms with Gasteiger partial charge in [-0.3, -0.25) is 4.98 Å². The van der Waals surface area contributed by atoms with Gasteiger partial charge >= 0.3 is 0 Å². The summed E-state index contributed by atoms with van der Waals surface area (Å²) in [7, 11) is 0. The molecular formula is C9H14N2. The normalized spacial score (nSPS) is 27.1. The first-order valence-corrected chi connectivity index (χ1v) is 2.96. The third-order valence-electron chi connectivity index (χ3n) is 1.03. The summed E-state index contributed by atoms with van der Waals surface area (Å²) >= 11 is 0. The van der Waals surface area contributed by atoms with Gasteiger partial charge in [-0.05, 0) is 23.9 Å². The van der Waals surface area contributed by atoms with Gasteiger partial charge in [0, 0.05) is 24.7 Å². The molecule has 0 aromatic carbocycles. The summed E-state index contributed by atoms with van der Waals surface area (Å²) in [5.74, 6) is -3.34. The van der Waals surface area contributed by atoms with Crippen LogP contribution in [0.3, 0.4) is 0 Å². The first kappa shape index (κ1) is 2.22. The van der Waals surface area contributed by atoms with E-state index >= 15 is 0 Å². The molecule has 0 saturated heterocycles. The molecule has 1 heterocycles. The lowest BCUT2D eigenvalue weighted by atomic mass is 10.0. The third-order valence-corrected chi connectivity index (χ3v) is 1.03. The van der Waals surface area contributed by atoms with E-state index in [4.69, 9.17) is 18.1 Å². The summed E-state index contributed by atoms with van der Waals surface area (Å²) in [6.45, 7) is -6.74. The van der Waals surface area contributed by atoms with Gasteiger partial charge in [-0.25, -0.2) is 0 Å². The summed E-state index contributed by atoms with van der Waals surface area (Å²) < 4.78 is 67.4. The lowest BCUT2D eigenvalue weighted by Gasteiger charge is -2.03. The largest absolute Gasteiger partial charge is 0.397 e. The molecule has 1 aromatic heterocycles. The van der Waals surface area contributed by atoms with Crippen LogP contribution in [0.15, 0.2) is 18.5 Å². The molecule has 0 atom stereocenters. The predicted molar refractivity (Wildman–Crippen MR) is 47.2 cm³/mol. The minimum absolute atomic E-state index is 0.0461. The lowest BCUT2D eigenvalue weighted by Crippen LogP contribution is -1.96. The van der Waals surface area contributed by atoms with E-state index in [1.807, 2.05) is 0 Å². The number of aromatic nitrogens is 1. The Hall–Kier alpha value is -1.05. The molecule has 0 fully saturated rings. The zero-order chi connectivity index (χ0) is 16.0. The number of nitrogen functional groups attached to an aromatic ring is 1. The molecule has 1 aromatic rings. The Morgan fingerprint density at radius 2 is 2.64 bits per heavy atom. The molecular weight excluding hydrogens is 136 g/mol. The van der Waals surface area contributed by atoms with Crippen LogP contribution in [0, 0.1) is 5.89 Å². The molecule has 0 aliphatic carbocycles. The van der Waals surface area contributed by atoms with Gasteiger partial charge in [0.1, 0.15) is 0 Å². The maximum Gasteiger partial charge on any atom is 0.0503 e. The zero-order valence-corrected chi connectivity index (χ0v) is 5.76. The third kappa shape index (κ3) is 2.58. The predicted octanol–water partition coefficient (Wildman–Crippen LogP) is 1.86. The SMILES string of the molecule is [2H]C([2H])([2H])C([2H])(C([2H])([2H])[2H])C([2H])([2H])c1cncc(N)c1. The van der Waals surface area contributed by atoms with Gasteiger partial charge in [0.25, 0.3) is 0 Å². The molecule has 0 aliphatic heterocycles. The Morgan fingerprint density at radius 3 is 3.27 bits per heavy atom. The Labute approximate surface area is 80.1 Å². The van der Waals surface area contributed by atoms with E-state index in [1.165, 1.54) is 6.20 Å². The maximum absolute atomic E-state index is 7.89. The highest BCUT2D eigenvalue weighted by Gasteiger charge is 1.97. The second-order valence-corrected chi connectivity index (χ2v) is 2.01. The second kappa shape index (κ2) is 3.37. The summed E-state index contributed by atoms with van der Waals surface area (Å²) in [5.41, 5.74) is 5.13.